The molecule has 15 heavy (non-hydrogen) atoms. The lowest BCUT2D eigenvalue weighted by atomic mass is 10.3. The van der Waals surface area contributed by atoms with E-state index in [9.17, 15) is 4.39 Å². The molecule has 0 bridgehead atoms. The van der Waals surface area contributed by atoms with Gasteiger partial charge in [-0.1, -0.05) is 11.3 Å². The summed E-state index contributed by atoms with van der Waals surface area (Å²) < 4.78 is 14.6. The number of nitrogens with zero attached hydrogens (tertiary/aromatic N) is 3. The van der Waals surface area contributed by atoms with Gasteiger partial charge in [-0.2, -0.15) is 0 Å². The van der Waals surface area contributed by atoms with Crippen molar-refractivity contribution in [3.8, 4) is 5.69 Å². The third kappa shape index (κ3) is 1.63. The molecule has 1 heterocycles. The smallest absolute Gasteiger partial charge is 0.125 e. The van der Waals surface area contributed by atoms with Gasteiger partial charge in [-0.25, -0.2) is 9.07 Å². The second-order valence-corrected chi connectivity index (χ2v) is 3.84. The Hall–Kier alpha value is -1.71. The molecule has 3 nitrogen and oxygen atoms in total. The first kappa shape index (κ1) is 8.59. The SMILES string of the molecule is Fc1cccc(-n2cc(C3CC3)nn2)c1. The summed E-state index contributed by atoms with van der Waals surface area (Å²) in [5.74, 6) is 0.322. The van der Waals surface area contributed by atoms with Gasteiger partial charge in [0.2, 0.25) is 0 Å². The van der Waals surface area contributed by atoms with E-state index < -0.39 is 0 Å². The summed E-state index contributed by atoms with van der Waals surface area (Å²) in [6, 6.07) is 6.35. The number of benzene rings is 1. The number of hydrogen-bond acceptors (Lipinski definition) is 2. The van der Waals surface area contributed by atoms with Gasteiger partial charge in [-0.15, -0.1) is 5.10 Å². The van der Waals surface area contributed by atoms with Crippen LogP contribution in [0.2, 0.25) is 0 Å². The number of halogens is 1. The first-order chi connectivity index (χ1) is 7.33. The lowest BCUT2D eigenvalue weighted by Crippen LogP contribution is -1.94. The van der Waals surface area contributed by atoms with Crippen molar-refractivity contribution >= 4 is 0 Å². The van der Waals surface area contributed by atoms with Gasteiger partial charge in [-0.3, -0.25) is 0 Å². The van der Waals surface area contributed by atoms with Crippen LogP contribution in [0.1, 0.15) is 24.5 Å². The molecule has 76 valence electrons. The van der Waals surface area contributed by atoms with Crippen molar-refractivity contribution in [2.45, 2.75) is 18.8 Å². The van der Waals surface area contributed by atoms with E-state index in [4.69, 9.17) is 0 Å². The fraction of sp³-hybridized carbons (Fsp3) is 0.273. The van der Waals surface area contributed by atoms with Gasteiger partial charge in [0.05, 0.1) is 17.6 Å². The summed E-state index contributed by atoms with van der Waals surface area (Å²) in [6.45, 7) is 0. The highest BCUT2D eigenvalue weighted by molar-refractivity contribution is 5.31. The summed E-state index contributed by atoms with van der Waals surface area (Å²) >= 11 is 0. The zero-order valence-electron chi connectivity index (χ0n) is 8.10. The average molecular weight is 203 g/mol. The predicted octanol–water partition coefficient (Wildman–Crippen LogP) is 2.28. The molecule has 1 aliphatic carbocycles. The first-order valence-electron chi connectivity index (χ1n) is 5.01. The fourth-order valence-corrected chi connectivity index (χ4v) is 1.59. The zero-order valence-corrected chi connectivity index (χ0v) is 8.10. The van der Waals surface area contributed by atoms with E-state index in [0.717, 1.165) is 11.4 Å². The monoisotopic (exact) mass is 203 g/mol. The van der Waals surface area contributed by atoms with E-state index in [0.29, 0.717) is 5.92 Å². The van der Waals surface area contributed by atoms with Gasteiger partial charge < -0.3 is 0 Å². The lowest BCUT2D eigenvalue weighted by molar-refractivity contribution is 0.625. The molecule has 0 amide bonds. The molecule has 1 saturated carbocycles. The van der Waals surface area contributed by atoms with Crippen molar-refractivity contribution in [1.82, 2.24) is 15.0 Å². The Morgan fingerprint density at radius 3 is 2.93 bits per heavy atom. The van der Waals surface area contributed by atoms with Gasteiger partial charge in [0, 0.05) is 5.92 Å². The number of aromatic nitrogens is 3. The Morgan fingerprint density at radius 2 is 2.20 bits per heavy atom. The van der Waals surface area contributed by atoms with Gasteiger partial charge in [-0.05, 0) is 31.0 Å². The van der Waals surface area contributed by atoms with Crippen molar-refractivity contribution in [3.05, 3.63) is 42.0 Å². The van der Waals surface area contributed by atoms with Gasteiger partial charge in [0.1, 0.15) is 5.82 Å². The normalized spacial score (nSPS) is 15.5. The summed E-state index contributed by atoms with van der Waals surface area (Å²) in [5.41, 5.74) is 1.73. The van der Waals surface area contributed by atoms with E-state index in [2.05, 4.69) is 10.3 Å². The minimum atomic E-state index is -0.254. The Morgan fingerprint density at radius 1 is 1.33 bits per heavy atom. The van der Waals surface area contributed by atoms with Crippen molar-refractivity contribution in [1.29, 1.82) is 0 Å². The van der Waals surface area contributed by atoms with Crippen LogP contribution in [0.3, 0.4) is 0 Å². The van der Waals surface area contributed by atoms with Gasteiger partial charge >= 0.3 is 0 Å². The Balaban J connectivity index is 1.97. The fourth-order valence-electron chi connectivity index (χ4n) is 1.59. The Kier molecular flexibility index (Phi) is 1.80. The van der Waals surface area contributed by atoms with E-state index in [1.807, 2.05) is 12.3 Å². The average Bonchev–Trinajstić information content (AvgIpc) is 2.97. The van der Waals surface area contributed by atoms with Crippen LogP contribution < -0.4 is 0 Å². The third-order valence-electron chi connectivity index (χ3n) is 2.58. The highest BCUT2D eigenvalue weighted by Crippen LogP contribution is 2.38. The van der Waals surface area contributed by atoms with E-state index in [1.54, 1.807) is 10.7 Å². The van der Waals surface area contributed by atoms with Crippen molar-refractivity contribution in [2.75, 3.05) is 0 Å². The summed E-state index contributed by atoms with van der Waals surface area (Å²) in [4.78, 5) is 0. The molecular formula is C11H10FN3. The Labute approximate surface area is 86.5 Å². The predicted molar refractivity (Wildman–Crippen MR) is 53.3 cm³/mol. The quantitative estimate of drug-likeness (QED) is 0.749. The van der Waals surface area contributed by atoms with E-state index in [1.165, 1.54) is 25.0 Å². The van der Waals surface area contributed by atoms with E-state index in [-0.39, 0.29) is 5.82 Å². The van der Waals surface area contributed by atoms with Crippen molar-refractivity contribution in [2.24, 2.45) is 0 Å². The second kappa shape index (κ2) is 3.15. The molecule has 0 N–H and O–H groups in total. The zero-order chi connectivity index (χ0) is 10.3. The molecule has 3 rings (SSSR count). The van der Waals surface area contributed by atoms with E-state index >= 15 is 0 Å². The van der Waals surface area contributed by atoms with Crippen LogP contribution in [0.15, 0.2) is 30.5 Å². The number of hydrogen-bond donors (Lipinski definition) is 0. The molecule has 1 aliphatic rings. The van der Waals surface area contributed by atoms with Crippen LogP contribution in [0, 0.1) is 5.82 Å². The molecule has 1 aromatic carbocycles. The maximum absolute atomic E-state index is 13.0. The molecule has 0 saturated heterocycles. The van der Waals surface area contributed by atoms with Crippen LogP contribution in [0.4, 0.5) is 4.39 Å². The van der Waals surface area contributed by atoms with Gasteiger partial charge in [0.25, 0.3) is 0 Å². The first-order valence-corrected chi connectivity index (χ1v) is 5.01. The summed E-state index contributed by atoms with van der Waals surface area (Å²) in [7, 11) is 0. The standard InChI is InChI=1S/C11H10FN3/c12-9-2-1-3-10(6-9)15-7-11(13-14-15)8-4-5-8/h1-3,6-8H,4-5H2. The van der Waals surface area contributed by atoms with Gasteiger partial charge in [0.15, 0.2) is 0 Å². The highest BCUT2D eigenvalue weighted by Gasteiger charge is 2.26. The Bertz CT molecular complexity index is 488. The minimum Gasteiger partial charge on any atom is -0.220 e. The minimum absolute atomic E-state index is 0.254. The molecule has 0 atom stereocenters. The van der Waals surface area contributed by atoms with Crippen molar-refractivity contribution < 1.29 is 4.39 Å². The van der Waals surface area contributed by atoms with Crippen LogP contribution in [0.25, 0.3) is 5.69 Å². The van der Waals surface area contributed by atoms with Crippen LogP contribution in [-0.2, 0) is 0 Å². The topological polar surface area (TPSA) is 30.7 Å². The van der Waals surface area contributed by atoms with Crippen LogP contribution >= 0.6 is 0 Å². The van der Waals surface area contributed by atoms with Crippen molar-refractivity contribution in [3.63, 3.8) is 0 Å². The molecule has 0 spiro atoms. The lowest BCUT2D eigenvalue weighted by Gasteiger charge is -1.98. The highest BCUT2D eigenvalue weighted by atomic mass is 19.1. The molecule has 1 aromatic heterocycles. The molecule has 0 unspecified atom stereocenters. The van der Waals surface area contributed by atoms with Crippen LogP contribution in [0.5, 0.6) is 0 Å². The summed E-state index contributed by atoms with van der Waals surface area (Å²) in [6.07, 6.45) is 4.27. The maximum atomic E-state index is 13.0. The molecule has 0 aliphatic heterocycles. The molecule has 0 radical (unpaired) electrons. The van der Waals surface area contributed by atoms with Crippen LogP contribution in [-0.4, -0.2) is 15.0 Å². The molecule has 1 fully saturated rings. The molecule has 2 aromatic rings. The molecule has 4 heteroatoms. The molecular weight excluding hydrogens is 193 g/mol. The second-order valence-electron chi connectivity index (χ2n) is 3.84. The number of rotatable bonds is 2. The largest absolute Gasteiger partial charge is 0.220 e. The maximum Gasteiger partial charge on any atom is 0.125 e. The summed E-state index contributed by atoms with van der Waals surface area (Å²) in [5, 5.41) is 8.06. The third-order valence-corrected chi connectivity index (χ3v) is 2.58.